The molecule has 0 aromatic rings. The van der Waals surface area contributed by atoms with E-state index in [9.17, 15) is 14.5 Å². The fourth-order valence-electron chi connectivity index (χ4n) is 0.904. The smallest absolute Gasteiger partial charge is 0.336 e. The van der Waals surface area contributed by atoms with Crippen molar-refractivity contribution >= 4 is 13.6 Å². The molecule has 0 saturated carbocycles. The van der Waals surface area contributed by atoms with Crippen LogP contribution in [0.1, 0.15) is 20.3 Å². The van der Waals surface area contributed by atoms with Crippen molar-refractivity contribution in [3.8, 4) is 0 Å². The maximum absolute atomic E-state index is 10.7. The van der Waals surface area contributed by atoms with Crippen LogP contribution in [0.5, 0.6) is 0 Å². The Balaban J connectivity index is 5.00. The van der Waals surface area contributed by atoms with E-state index in [0.717, 1.165) is 6.92 Å². The number of rotatable bonds is 4. The monoisotopic (exact) mass is 212 g/mol. The number of hydrogen-bond donors (Lipinski definition) is 4. The molecule has 0 fully saturated rings. The second-order valence-electron chi connectivity index (χ2n) is 2.85. The lowest BCUT2D eigenvalue weighted by Gasteiger charge is -2.28. The molecular weight excluding hydrogens is 199 g/mol. The minimum atomic E-state index is -4.58. The quantitative estimate of drug-likeness (QED) is 0.479. The summed E-state index contributed by atoms with van der Waals surface area (Å²) in [6.07, 6.45) is -0.255. The molecule has 0 amide bonds. The van der Waals surface area contributed by atoms with Crippen LogP contribution >= 0.6 is 7.60 Å². The molecule has 0 heterocycles. The van der Waals surface area contributed by atoms with Gasteiger partial charge in [-0.05, 0) is 13.3 Å². The third kappa shape index (κ3) is 2.51. The van der Waals surface area contributed by atoms with Crippen LogP contribution < -0.4 is 0 Å². The van der Waals surface area contributed by atoms with Crippen molar-refractivity contribution in [3.63, 3.8) is 0 Å². The van der Waals surface area contributed by atoms with Gasteiger partial charge in [-0.3, -0.25) is 4.57 Å². The number of hydrogen-bond acceptors (Lipinski definition) is 3. The number of carbonyl (C=O) groups is 1. The molecule has 7 heteroatoms. The van der Waals surface area contributed by atoms with Gasteiger partial charge in [-0.1, -0.05) is 6.92 Å². The van der Waals surface area contributed by atoms with Crippen LogP contribution in [0.15, 0.2) is 0 Å². The summed E-state index contributed by atoms with van der Waals surface area (Å²) in [6, 6.07) is 0. The van der Waals surface area contributed by atoms with Gasteiger partial charge in [-0.15, -0.1) is 0 Å². The van der Waals surface area contributed by atoms with E-state index in [4.69, 9.17) is 14.9 Å². The number of aliphatic carboxylic acids is 1. The van der Waals surface area contributed by atoms with Crippen molar-refractivity contribution in [3.05, 3.63) is 0 Å². The predicted octanol–water partition coefficient (Wildman–Crippen LogP) is -0.222. The highest BCUT2D eigenvalue weighted by Crippen LogP contribution is 2.47. The fraction of sp³-hybridized carbons (Fsp3) is 0.833. The van der Waals surface area contributed by atoms with Crippen molar-refractivity contribution < 1.29 is 29.4 Å². The Morgan fingerprint density at radius 1 is 1.54 bits per heavy atom. The van der Waals surface area contributed by atoms with Crippen molar-refractivity contribution in [1.82, 2.24) is 0 Å². The first-order valence-corrected chi connectivity index (χ1v) is 5.35. The van der Waals surface area contributed by atoms with Gasteiger partial charge in [0.05, 0.1) is 5.66 Å². The van der Waals surface area contributed by atoms with Crippen LogP contribution in [0.4, 0.5) is 0 Å². The largest absolute Gasteiger partial charge is 0.479 e. The molecule has 0 bridgehead atoms. The summed E-state index contributed by atoms with van der Waals surface area (Å²) in [5, 5.41) is 18.0. The third-order valence-corrected chi connectivity index (χ3v) is 3.54. The van der Waals surface area contributed by atoms with E-state index in [1.165, 1.54) is 6.92 Å². The third-order valence-electron chi connectivity index (χ3n) is 2.11. The van der Waals surface area contributed by atoms with E-state index in [-0.39, 0.29) is 6.42 Å². The Kier molecular flexibility index (Phi) is 3.63. The molecule has 78 valence electrons. The minimum Gasteiger partial charge on any atom is -0.479 e. The highest BCUT2D eigenvalue weighted by Gasteiger charge is 2.48. The van der Waals surface area contributed by atoms with Crippen LogP contribution in [0.25, 0.3) is 0 Å². The van der Waals surface area contributed by atoms with Crippen LogP contribution in [0, 0.1) is 0 Å². The maximum atomic E-state index is 10.7. The average Bonchev–Trinajstić information content (AvgIpc) is 1.99. The normalized spacial score (nSPS) is 19.2. The first kappa shape index (κ1) is 12.6. The van der Waals surface area contributed by atoms with E-state index in [1.807, 2.05) is 0 Å². The Bertz CT molecular complexity index is 246. The number of carboxylic acid groups (broad SMARTS) is 1. The molecule has 0 aliphatic carbocycles. The summed E-state index contributed by atoms with van der Waals surface area (Å²) in [5.41, 5.74) is -3.97. The average molecular weight is 212 g/mol. The van der Waals surface area contributed by atoms with E-state index in [0.29, 0.717) is 0 Å². The molecule has 0 spiro atoms. The van der Waals surface area contributed by atoms with E-state index < -0.39 is 24.8 Å². The van der Waals surface area contributed by atoms with Crippen LogP contribution in [0.2, 0.25) is 0 Å². The van der Waals surface area contributed by atoms with Crippen molar-refractivity contribution in [2.45, 2.75) is 31.5 Å². The van der Waals surface area contributed by atoms with Gasteiger partial charge in [0.25, 0.3) is 0 Å². The van der Waals surface area contributed by atoms with Crippen molar-refractivity contribution in [1.29, 1.82) is 0 Å². The molecule has 4 N–H and O–H groups in total. The molecular formula is C6H13O6P. The topological polar surface area (TPSA) is 115 Å². The Morgan fingerprint density at radius 2 is 1.92 bits per heavy atom. The second kappa shape index (κ2) is 3.75. The summed E-state index contributed by atoms with van der Waals surface area (Å²) in [6.45, 7) is 2.36. The highest BCUT2D eigenvalue weighted by atomic mass is 31.2. The summed E-state index contributed by atoms with van der Waals surface area (Å²) in [4.78, 5) is 27.9. The minimum absolute atomic E-state index is 0.255. The zero-order valence-corrected chi connectivity index (χ0v) is 8.23. The van der Waals surface area contributed by atoms with Gasteiger partial charge in [0.15, 0.2) is 5.60 Å². The van der Waals surface area contributed by atoms with Gasteiger partial charge in [0.1, 0.15) is 0 Å². The molecule has 0 aromatic heterocycles. The molecule has 0 aromatic carbocycles. The first-order valence-electron chi connectivity index (χ1n) is 3.67. The van der Waals surface area contributed by atoms with Crippen LogP contribution in [0.3, 0.4) is 0 Å². The van der Waals surface area contributed by atoms with Gasteiger partial charge in [0, 0.05) is 0 Å². The molecule has 6 nitrogen and oxygen atoms in total. The summed E-state index contributed by atoms with van der Waals surface area (Å²) in [7, 11) is -4.58. The molecule has 0 aliphatic rings. The molecule has 0 rings (SSSR count). The standard InChI is InChI=1S/C6H13O6P/c1-3-6(9,5(7)8)4(2)13(10,11)12/h4,9H,3H2,1-2H3,(H,7,8)(H2,10,11,12). The predicted molar refractivity (Wildman–Crippen MR) is 44.4 cm³/mol. The number of carboxylic acids is 1. The van der Waals surface area contributed by atoms with Crippen molar-refractivity contribution in [2.24, 2.45) is 0 Å². The fourth-order valence-corrected chi connectivity index (χ4v) is 1.75. The van der Waals surface area contributed by atoms with Crippen molar-refractivity contribution in [2.75, 3.05) is 0 Å². The number of aliphatic hydroxyl groups is 1. The zero-order valence-electron chi connectivity index (χ0n) is 7.34. The first-order chi connectivity index (χ1) is 5.66. The molecule has 0 radical (unpaired) electrons. The van der Waals surface area contributed by atoms with Gasteiger partial charge in [-0.25, -0.2) is 4.79 Å². The molecule has 13 heavy (non-hydrogen) atoms. The summed E-state index contributed by atoms with van der Waals surface area (Å²) >= 11 is 0. The second-order valence-corrected chi connectivity index (χ2v) is 4.80. The van der Waals surface area contributed by atoms with E-state index >= 15 is 0 Å². The zero-order chi connectivity index (χ0) is 10.9. The molecule has 0 saturated heterocycles. The molecule has 2 unspecified atom stereocenters. The Hall–Kier alpha value is -0.420. The van der Waals surface area contributed by atoms with E-state index in [2.05, 4.69) is 0 Å². The van der Waals surface area contributed by atoms with Gasteiger partial charge < -0.3 is 20.0 Å². The van der Waals surface area contributed by atoms with Crippen LogP contribution in [-0.4, -0.2) is 37.2 Å². The Morgan fingerprint density at radius 3 is 2.00 bits per heavy atom. The summed E-state index contributed by atoms with van der Waals surface area (Å²) in [5.74, 6) is -1.62. The van der Waals surface area contributed by atoms with Gasteiger partial charge in [0.2, 0.25) is 0 Å². The highest BCUT2D eigenvalue weighted by molar-refractivity contribution is 7.52. The summed E-state index contributed by atoms with van der Waals surface area (Å²) < 4.78 is 10.7. The lowest BCUT2D eigenvalue weighted by Crippen LogP contribution is -2.47. The molecule has 0 aliphatic heterocycles. The lowest BCUT2D eigenvalue weighted by atomic mass is 9.97. The molecule has 2 atom stereocenters. The lowest BCUT2D eigenvalue weighted by molar-refractivity contribution is -0.159. The van der Waals surface area contributed by atoms with E-state index in [1.54, 1.807) is 0 Å². The van der Waals surface area contributed by atoms with Gasteiger partial charge in [-0.2, -0.15) is 0 Å². The maximum Gasteiger partial charge on any atom is 0.336 e. The Labute approximate surface area is 75.4 Å². The van der Waals surface area contributed by atoms with Crippen LogP contribution in [-0.2, 0) is 9.36 Å². The SMILES string of the molecule is CCC(O)(C(=O)O)C(C)P(=O)(O)O. The van der Waals surface area contributed by atoms with Gasteiger partial charge >= 0.3 is 13.6 Å².